The number of carbonyl (C=O) groups excluding carboxylic acids is 2. The first-order chi connectivity index (χ1) is 15.3. The Kier molecular flexibility index (Phi) is 6.24. The van der Waals surface area contributed by atoms with E-state index in [4.69, 9.17) is 4.74 Å². The Morgan fingerprint density at radius 3 is 2.59 bits per heavy atom. The van der Waals surface area contributed by atoms with E-state index in [1.807, 2.05) is 0 Å². The summed E-state index contributed by atoms with van der Waals surface area (Å²) in [4.78, 5) is 38.7. The molecule has 8 heteroatoms. The molecule has 2 aromatic rings. The van der Waals surface area contributed by atoms with E-state index in [9.17, 15) is 14.0 Å². The number of halogens is 1. The third-order valence-electron chi connectivity index (χ3n) is 6.59. The Labute approximate surface area is 187 Å². The van der Waals surface area contributed by atoms with E-state index in [2.05, 4.69) is 9.97 Å². The van der Waals surface area contributed by atoms with Crippen LogP contribution in [-0.2, 0) is 14.9 Å². The summed E-state index contributed by atoms with van der Waals surface area (Å²) < 4.78 is 20.4. The van der Waals surface area contributed by atoms with Gasteiger partial charge in [0.2, 0.25) is 5.91 Å². The van der Waals surface area contributed by atoms with Gasteiger partial charge in [-0.05, 0) is 38.7 Å². The van der Waals surface area contributed by atoms with E-state index in [0.717, 1.165) is 12.8 Å². The lowest BCUT2D eigenvalue weighted by Gasteiger charge is -2.40. The SMILES string of the molecule is Cc1nc([C@@H]2CCCN2C(=O)C2(c3ccccc3F)CCOCC2)ncc1C(=O)N(C)C. The third kappa shape index (κ3) is 3.88. The number of aryl methyl sites for hydroxylation is 1. The number of hydrogen-bond donors (Lipinski definition) is 0. The molecule has 1 atom stereocenters. The smallest absolute Gasteiger partial charge is 0.256 e. The molecular weight excluding hydrogens is 411 g/mol. The molecule has 0 N–H and O–H groups in total. The molecule has 2 amide bonds. The van der Waals surface area contributed by atoms with Gasteiger partial charge in [0, 0.05) is 45.6 Å². The fraction of sp³-hybridized carbons (Fsp3) is 0.500. The van der Waals surface area contributed by atoms with Crippen molar-refractivity contribution in [2.75, 3.05) is 33.9 Å². The monoisotopic (exact) mass is 440 g/mol. The number of rotatable bonds is 4. The second-order valence-corrected chi connectivity index (χ2v) is 8.76. The fourth-order valence-corrected chi connectivity index (χ4v) is 4.82. The molecule has 4 rings (SSSR count). The molecule has 2 aliphatic rings. The molecule has 170 valence electrons. The molecule has 0 spiro atoms. The summed E-state index contributed by atoms with van der Waals surface area (Å²) in [6.07, 6.45) is 3.97. The van der Waals surface area contributed by atoms with Gasteiger partial charge in [0.15, 0.2) is 5.82 Å². The van der Waals surface area contributed by atoms with Crippen LogP contribution in [0.1, 0.15) is 59.2 Å². The van der Waals surface area contributed by atoms with Crippen molar-refractivity contribution in [2.45, 2.75) is 44.1 Å². The van der Waals surface area contributed by atoms with E-state index in [-0.39, 0.29) is 23.7 Å². The van der Waals surface area contributed by atoms with Crippen molar-refractivity contribution in [1.82, 2.24) is 19.8 Å². The number of benzene rings is 1. The van der Waals surface area contributed by atoms with Gasteiger partial charge >= 0.3 is 0 Å². The molecule has 32 heavy (non-hydrogen) atoms. The summed E-state index contributed by atoms with van der Waals surface area (Å²) in [5.41, 5.74) is 0.509. The molecule has 2 saturated heterocycles. The number of aromatic nitrogens is 2. The van der Waals surface area contributed by atoms with E-state index in [1.165, 1.54) is 11.0 Å². The maximum atomic E-state index is 14.9. The molecule has 1 aromatic heterocycles. The highest BCUT2D eigenvalue weighted by atomic mass is 19.1. The number of likely N-dealkylation sites (tertiary alicyclic amines) is 1. The standard InChI is InChI=1S/C24H29FN4O3/c1-16-17(22(30)28(2)3)15-26-21(27-16)20-9-6-12-29(20)23(31)24(10-13-32-14-11-24)18-7-4-5-8-19(18)25/h4-5,7-8,15,20H,6,9-14H2,1-3H3/t20-/m0/s1. The predicted molar refractivity (Wildman–Crippen MR) is 117 cm³/mol. The number of ether oxygens (including phenoxy) is 1. The van der Waals surface area contributed by atoms with Crippen molar-refractivity contribution >= 4 is 11.8 Å². The minimum atomic E-state index is -0.956. The summed E-state index contributed by atoms with van der Waals surface area (Å²) in [6, 6.07) is 6.25. The van der Waals surface area contributed by atoms with Gasteiger partial charge in [-0.2, -0.15) is 0 Å². The summed E-state index contributed by atoms with van der Waals surface area (Å²) >= 11 is 0. The van der Waals surface area contributed by atoms with Crippen molar-refractivity contribution in [2.24, 2.45) is 0 Å². The van der Waals surface area contributed by atoms with Crippen molar-refractivity contribution < 1.29 is 18.7 Å². The average Bonchev–Trinajstić information content (AvgIpc) is 3.28. The molecular formula is C24H29FN4O3. The summed E-state index contributed by atoms with van der Waals surface area (Å²) in [5.74, 6) is -0.0891. The van der Waals surface area contributed by atoms with Crippen LogP contribution >= 0.6 is 0 Å². The normalized spacial score (nSPS) is 20.2. The first-order valence-corrected chi connectivity index (χ1v) is 11.0. The fourth-order valence-electron chi connectivity index (χ4n) is 4.82. The lowest BCUT2D eigenvalue weighted by Crippen LogP contribution is -2.50. The number of hydrogen-bond acceptors (Lipinski definition) is 5. The van der Waals surface area contributed by atoms with E-state index in [1.54, 1.807) is 50.3 Å². The molecule has 0 saturated carbocycles. The Bertz CT molecular complexity index is 1020. The largest absolute Gasteiger partial charge is 0.381 e. The zero-order chi connectivity index (χ0) is 22.9. The van der Waals surface area contributed by atoms with Gasteiger partial charge in [-0.3, -0.25) is 9.59 Å². The van der Waals surface area contributed by atoms with Gasteiger partial charge in [-0.15, -0.1) is 0 Å². The van der Waals surface area contributed by atoms with Gasteiger partial charge < -0.3 is 14.5 Å². The van der Waals surface area contributed by atoms with Crippen molar-refractivity contribution in [3.63, 3.8) is 0 Å². The average molecular weight is 441 g/mol. The second-order valence-electron chi connectivity index (χ2n) is 8.76. The van der Waals surface area contributed by atoms with E-state index >= 15 is 0 Å². The Morgan fingerprint density at radius 2 is 1.94 bits per heavy atom. The Hall–Kier alpha value is -2.87. The lowest BCUT2D eigenvalue weighted by molar-refractivity contribution is -0.142. The van der Waals surface area contributed by atoms with Gasteiger partial charge in [0.1, 0.15) is 5.82 Å². The predicted octanol–water partition coefficient (Wildman–Crippen LogP) is 3.04. The van der Waals surface area contributed by atoms with E-state index in [0.29, 0.717) is 55.2 Å². The number of amides is 2. The van der Waals surface area contributed by atoms with E-state index < -0.39 is 5.41 Å². The lowest BCUT2D eigenvalue weighted by atomic mass is 9.72. The Balaban J connectivity index is 1.68. The molecule has 2 aliphatic heterocycles. The van der Waals surface area contributed by atoms with Crippen molar-refractivity contribution in [1.29, 1.82) is 0 Å². The van der Waals surface area contributed by atoms with Crippen LogP contribution in [0, 0.1) is 12.7 Å². The summed E-state index contributed by atoms with van der Waals surface area (Å²) in [7, 11) is 3.37. The van der Waals surface area contributed by atoms with Crippen LogP contribution in [0.2, 0.25) is 0 Å². The molecule has 0 aliphatic carbocycles. The molecule has 3 heterocycles. The second kappa shape index (κ2) is 8.94. The zero-order valence-electron chi connectivity index (χ0n) is 18.8. The number of nitrogens with zero attached hydrogens (tertiary/aromatic N) is 4. The van der Waals surface area contributed by atoms with Gasteiger partial charge in [-0.25, -0.2) is 14.4 Å². The topological polar surface area (TPSA) is 75.6 Å². The minimum absolute atomic E-state index is 0.0944. The third-order valence-corrected chi connectivity index (χ3v) is 6.59. The first-order valence-electron chi connectivity index (χ1n) is 11.0. The van der Waals surface area contributed by atoms with Gasteiger partial charge in [0.05, 0.1) is 22.7 Å². The molecule has 2 fully saturated rings. The van der Waals surface area contributed by atoms with Crippen molar-refractivity contribution in [3.8, 4) is 0 Å². The van der Waals surface area contributed by atoms with Crippen LogP contribution in [0.4, 0.5) is 4.39 Å². The molecule has 1 aromatic carbocycles. The van der Waals surface area contributed by atoms with Crippen LogP contribution in [0.25, 0.3) is 0 Å². The molecule has 7 nitrogen and oxygen atoms in total. The van der Waals surface area contributed by atoms with Crippen LogP contribution in [0.5, 0.6) is 0 Å². The van der Waals surface area contributed by atoms with Crippen LogP contribution in [-0.4, -0.2) is 65.4 Å². The van der Waals surface area contributed by atoms with Crippen LogP contribution < -0.4 is 0 Å². The van der Waals surface area contributed by atoms with Crippen LogP contribution in [0.3, 0.4) is 0 Å². The first kappa shape index (κ1) is 22.3. The quantitative estimate of drug-likeness (QED) is 0.731. The zero-order valence-corrected chi connectivity index (χ0v) is 18.8. The maximum Gasteiger partial charge on any atom is 0.256 e. The number of carbonyl (C=O) groups is 2. The van der Waals surface area contributed by atoms with Gasteiger partial charge in [-0.1, -0.05) is 18.2 Å². The molecule has 0 bridgehead atoms. The minimum Gasteiger partial charge on any atom is -0.381 e. The summed E-state index contributed by atoms with van der Waals surface area (Å²) in [6.45, 7) is 3.18. The van der Waals surface area contributed by atoms with Gasteiger partial charge in [0.25, 0.3) is 5.91 Å². The molecule has 0 radical (unpaired) electrons. The maximum absolute atomic E-state index is 14.9. The van der Waals surface area contributed by atoms with Crippen molar-refractivity contribution in [3.05, 3.63) is 58.9 Å². The van der Waals surface area contributed by atoms with Crippen LogP contribution in [0.15, 0.2) is 30.5 Å². The highest BCUT2D eigenvalue weighted by Crippen LogP contribution is 2.42. The highest BCUT2D eigenvalue weighted by molar-refractivity contribution is 5.94. The molecule has 0 unspecified atom stereocenters. The Morgan fingerprint density at radius 1 is 1.22 bits per heavy atom. The summed E-state index contributed by atoms with van der Waals surface area (Å²) in [5, 5.41) is 0. The highest BCUT2D eigenvalue weighted by Gasteiger charge is 2.48.